The lowest BCUT2D eigenvalue weighted by Crippen LogP contribution is -2.47. The number of para-hydroxylation sites is 1. The summed E-state index contributed by atoms with van der Waals surface area (Å²) in [7, 11) is 3.95. The number of carbonyl (C=O) groups is 1. The summed E-state index contributed by atoms with van der Waals surface area (Å²) in [5.41, 5.74) is 1.43. The predicted molar refractivity (Wildman–Crippen MR) is 126 cm³/mol. The Morgan fingerprint density at radius 2 is 1.61 bits per heavy atom. The van der Waals surface area contributed by atoms with Crippen LogP contribution in [0.25, 0.3) is 10.8 Å². The quantitative estimate of drug-likeness (QED) is 0.638. The van der Waals surface area contributed by atoms with Crippen LogP contribution in [0, 0.1) is 0 Å². The normalized spacial score (nSPS) is 14.3. The molecule has 31 heavy (non-hydrogen) atoms. The number of hydrogen-bond acceptors (Lipinski definition) is 6. The first-order chi connectivity index (χ1) is 15.0. The number of anilines is 2. The van der Waals surface area contributed by atoms with Gasteiger partial charge in [0.05, 0.1) is 10.7 Å². The molecule has 1 saturated heterocycles. The first-order valence-electron chi connectivity index (χ1n) is 10.5. The lowest BCUT2D eigenvalue weighted by Gasteiger charge is -2.37. The minimum absolute atomic E-state index is 0.194. The van der Waals surface area contributed by atoms with Crippen molar-refractivity contribution in [3.8, 4) is 0 Å². The number of rotatable bonds is 6. The molecular weight excluding hydrogens is 412 g/mol. The van der Waals surface area contributed by atoms with Gasteiger partial charge in [0.2, 0.25) is 0 Å². The van der Waals surface area contributed by atoms with Gasteiger partial charge in [-0.15, -0.1) is 10.2 Å². The first-order valence-corrected chi connectivity index (χ1v) is 10.8. The van der Waals surface area contributed by atoms with Gasteiger partial charge in [-0.25, -0.2) is 0 Å². The van der Waals surface area contributed by atoms with E-state index in [9.17, 15) is 4.79 Å². The van der Waals surface area contributed by atoms with Gasteiger partial charge in [-0.1, -0.05) is 48.0 Å². The monoisotopic (exact) mass is 438 g/mol. The summed E-state index contributed by atoms with van der Waals surface area (Å²) in [5, 5.41) is 14.3. The zero-order chi connectivity index (χ0) is 21.8. The van der Waals surface area contributed by atoms with Crippen LogP contribution in [0.4, 0.5) is 11.5 Å². The van der Waals surface area contributed by atoms with Crippen molar-refractivity contribution in [3.05, 3.63) is 59.2 Å². The van der Waals surface area contributed by atoms with Gasteiger partial charge < -0.3 is 20.0 Å². The van der Waals surface area contributed by atoms with Crippen molar-refractivity contribution in [1.82, 2.24) is 20.4 Å². The number of benzene rings is 2. The van der Waals surface area contributed by atoms with E-state index in [-0.39, 0.29) is 5.91 Å². The Bertz CT molecular complexity index is 1060. The SMILES string of the molecule is CN(C)CCNC(=O)c1nnc(N2CCN(c3ccccc3Cl)CC2)c2ccccc12. The molecule has 1 amide bonds. The highest BCUT2D eigenvalue weighted by Crippen LogP contribution is 2.29. The van der Waals surface area contributed by atoms with Crippen molar-refractivity contribution in [2.24, 2.45) is 0 Å². The van der Waals surface area contributed by atoms with Gasteiger partial charge in [-0.05, 0) is 26.2 Å². The number of piperazine rings is 1. The molecule has 1 N–H and O–H groups in total. The number of aromatic nitrogens is 2. The molecular formula is C23H27ClN6O. The predicted octanol–water partition coefficient (Wildman–Crippen LogP) is 2.90. The number of nitrogens with one attached hydrogen (secondary N) is 1. The van der Waals surface area contributed by atoms with E-state index in [1.165, 1.54) is 0 Å². The summed E-state index contributed by atoms with van der Waals surface area (Å²) in [6.45, 7) is 4.62. The average Bonchev–Trinajstić information content (AvgIpc) is 2.78. The summed E-state index contributed by atoms with van der Waals surface area (Å²) in [4.78, 5) is 19.2. The number of likely N-dealkylation sites (N-methyl/N-ethyl adjacent to an activating group) is 1. The van der Waals surface area contributed by atoms with Gasteiger partial charge in [0, 0.05) is 50.0 Å². The zero-order valence-electron chi connectivity index (χ0n) is 17.9. The van der Waals surface area contributed by atoms with Crippen LogP contribution in [-0.4, -0.2) is 74.4 Å². The molecule has 0 atom stereocenters. The van der Waals surface area contributed by atoms with Crippen LogP contribution in [0.3, 0.4) is 0 Å². The molecule has 0 unspecified atom stereocenters. The van der Waals surface area contributed by atoms with E-state index in [4.69, 9.17) is 11.6 Å². The third kappa shape index (κ3) is 4.73. The summed E-state index contributed by atoms with van der Waals surface area (Å²) in [6, 6.07) is 15.8. The van der Waals surface area contributed by atoms with Crippen molar-refractivity contribution >= 4 is 39.8 Å². The van der Waals surface area contributed by atoms with Gasteiger partial charge in [0.25, 0.3) is 5.91 Å². The molecule has 8 heteroatoms. The highest BCUT2D eigenvalue weighted by atomic mass is 35.5. The second-order valence-electron chi connectivity index (χ2n) is 7.90. The number of nitrogens with zero attached hydrogens (tertiary/aromatic N) is 5. The topological polar surface area (TPSA) is 64.6 Å². The molecule has 7 nitrogen and oxygen atoms in total. The molecule has 2 heterocycles. The summed E-state index contributed by atoms with van der Waals surface area (Å²) < 4.78 is 0. The molecule has 4 rings (SSSR count). The fourth-order valence-electron chi connectivity index (χ4n) is 3.84. The van der Waals surface area contributed by atoms with E-state index in [0.717, 1.165) is 60.0 Å². The van der Waals surface area contributed by atoms with E-state index in [1.807, 2.05) is 61.5 Å². The smallest absolute Gasteiger partial charge is 0.272 e. The molecule has 3 aromatic rings. The Morgan fingerprint density at radius 1 is 0.968 bits per heavy atom. The highest BCUT2D eigenvalue weighted by molar-refractivity contribution is 6.33. The van der Waals surface area contributed by atoms with Crippen LogP contribution in [0.15, 0.2) is 48.5 Å². The van der Waals surface area contributed by atoms with E-state index in [2.05, 4.69) is 31.4 Å². The van der Waals surface area contributed by atoms with Gasteiger partial charge in [-0.2, -0.15) is 0 Å². The fraction of sp³-hybridized carbons (Fsp3) is 0.348. The Morgan fingerprint density at radius 3 is 2.32 bits per heavy atom. The molecule has 162 valence electrons. The molecule has 1 aliphatic heterocycles. The fourth-order valence-corrected chi connectivity index (χ4v) is 4.09. The van der Waals surface area contributed by atoms with Crippen LogP contribution in [0.1, 0.15) is 10.5 Å². The minimum Gasteiger partial charge on any atom is -0.367 e. The van der Waals surface area contributed by atoms with Crippen molar-refractivity contribution in [2.75, 3.05) is 63.2 Å². The minimum atomic E-state index is -0.194. The molecule has 0 saturated carbocycles. The Labute approximate surface area is 187 Å². The van der Waals surface area contributed by atoms with Gasteiger partial charge in [0.1, 0.15) is 0 Å². The summed E-state index contributed by atoms with van der Waals surface area (Å²) in [5.74, 6) is 0.625. The van der Waals surface area contributed by atoms with Gasteiger partial charge in [0.15, 0.2) is 11.5 Å². The van der Waals surface area contributed by atoms with E-state index in [1.54, 1.807) is 0 Å². The van der Waals surface area contributed by atoms with Crippen LogP contribution in [0.5, 0.6) is 0 Å². The second kappa shape index (κ2) is 9.49. The molecule has 2 aromatic carbocycles. The molecule has 1 fully saturated rings. The maximum Gasteiger partial charge on any atom is 0.272 e. The first kappa shape index (κ1) is 21.3. The van der Waals surface area contributed by atoms with E-state index in [0.29, 0.717) is 12.2 Å². The number of hydrogen-bond donors (Lipinski definition) is 1. The maximum atomic E-state index is 12.7. The molecule has 0 aliphatic carbocycles. The Kier molecular flexibility index (Phi) is 6.53. The molecule has 0 radical (unpaired) electrons. The lowest BCUT2D eigenvalue weighted by atomic mass is 10.1. The number of amides is 1. The van der Waals surface area contributed by atoms with Gasteiger partial charge in [-0.3, -0.25) is 4.79 Å². The molecule has 0 spiro atoms. The standard InChI is InChI=1S/C23H27ClN6O/c1-28(2)12-11-25-23(31)21-17-7-3-4-8-18(17)22(27-26-21)30-15-13-29(14-16-30)20-10-6-5-9-19(20)24/h3-10H,11-16H2,1-2H3,(H,25,31). The zero-order valence-corrected chi connectivity index (χ0v) is 18.6. The largest absolute Gasteiger partial charge is 0.367 e. The van der Waals surface area contributed by atoms with Crippen LogP contribution in [0.2, 0.25) is 5.02 Å². The summed E-state index contributed by atoms with van der Waals surface area (Å²) in [6.07, 6.45) is 0. The lowest BCUT2D eigenvalue weighted by molar-refractivity contribution is 0.0947. The van der Waals surface area contributed by atoms with Crippen LogP contribution < -0.4 is 15.1 Å². The second-order valence-corrected chi connectivity index (χ2v) is 8.31. The summed E-state index contributed by atoms with van der Waals surface area (Å²) >= 11 is 6.37. The van der Waals surface area contributed by atoms with Crippen molar-refractivity contribution in [2.45, 2.75) is 0 Å². The van der Waals surface area contributed by atoms with Crippen LogP contribution in [-0.2, 0) is 0 Å². The maximum absolute atomic E-state index is 12.7. The highest BCUT2D eigenvalue weighted by Gasteiger charge is 2.23. The average molecular weight is 439 g/mol. The van der Waals surface area contributed by atoms with Gasteiger partial charge >= 0.3 is 0 Å². The van der Waals surface area contributed by atoms with E-state index < -0.39 is 0 Å². The number of halogens is 1. The molecule has 0 bridgehead atoms. The van der Waals surface area contributed by atoms with E-state index >= 15 is 0 Å². The Hall–Kier alpha value is -2.90. The Balaban J connectivity index is 1.53. The van der Waals surface area contributed by atoms with Crippen molar-refractivity contribution in [3.63, 3.8) is 0 Å². The third-order valence-electron chi connectivity index (χ3n) is 5.50. The molecule has 1 aromatic heterocycles. The van der Waals surface area contributed by atoms with Crippen molar-refractivity contribution in [1.29, 1.82) is 0 Å². The van der Waals surface area contributed by atoms with Crippen molar-refractivity contribution < 1.29 is 4.79 Å². The number of fused-ring (bicyclic) bond motifs is 1. The third-order valence-corrected chi connectivity index (χ3v) is 5.82. The molecule has 1 aliphatic rings. The van der Waals surface area contributed by atoms with Crippen LogP contribution >= 0.6 is 11.6 Å². The number of carbonyl (C=O) groups excluding carboxylic acids is 1.